The molecule has 0 fully saturated rings. The Balaban J connectivity index is 2.14. The van der Waals surface area contributed by atoms with Crippen molar-refractivity contribution in [2.24, 2.45) is 5.41 Å². The van der Waals surface area contributed by atoms with Crippen LogP contribution in [0.3, 0.4) is 0 Å². The zero-order valence-corrected chi connectivity index (χ0v) is 11.7. The minimum Gasteiger partial charge on any atom is -0.348 e. The first-order valence-corrected chi connectivity index (χ1v) is 6.43. The van der Waals surface area contributed by atoms with Crippen molar-refractivity contribution in [1.29, 1.82) is 0 Å². The first-order valence-electron chi connectivity index (χ1n) is 6.43. The maximum atomic E-state index is 11.7. The zero-order valence-electron chi connectivity index (χ0n) is 11.7. The van der Waals surface area contributed by atoms with E-state index in [0.717, 1.165) is 6.42 Å². The summed E-state index contributed by atoms with van der Waals surface area (Å²) < 4.78 is 0. The molecule has 1 aromatic rings. The van der Waals surface area contributed by atoms with Gasteiger partial charge in [-0.25, -0.2) is 0 Å². The normalized spacial score (nSPS) is 20.6. The lowest BCUT2D eigenvalue weighted by Crippen LogP contribution is -2.38. The van der Waals surface area contributed by atoms with Crippen molar-refractivity contribution in [3.8, 4) is 0 Å². The zero-order chi connectivity index (χ0) is 13.3. The lowest BCUT2D eigenvalue weighted by Gasteiger charge is -2.29. The molecule has 1 N–H and O–H groups in total. The Bertz CT molecular complexity index is 452. The van der Waals surface area contributed by atoms with Gasteiger partial charge in [-0.3, -0.25) is 4.79 Å². The van der Waals surface area contributed by atoms with Crippen LogP contribution in [0.1, 0.15) is 31.0 Å². The maximum absolute atomic E-state index is 11.7. The predicted molar refractivity (Wildman–Crippen MR) is 73.4 cm³/mol. The molecule has 1 aliphatic carbocycles. The molecule has 0 spiro atoms. The average Bonchev–Trinajstić information content (AvgIpc) is 2.55. The number of hydrogen-bond donors (Lipinski definition) is 1. The molecule has 2 rings (SSSR count). The van der Waals surface area contributed by atoms with Crippen molar-refractivity contribution in [2.45, 2.75) is 26.3 Å². The molecular formula is C15H22N2O. The summed E-state index contributed by atoms with van der Waals surface area (Å²) in [7, 11) is 3.58. The van der Waals surface area contributed by atoms with Crippen molar-refractivity contribution in [1.82, 2.24) is 10.2 Å². The Morgan fingerprint density at radius 2 is 2.06 bits per heavy atom. The van der Waals surface area contributed by atoms with Gasteiger partial charge in [0.1, 0.15) is 0 Å². The Labute approximate surface area is 109 Å². The van der Waals surface area contributed by atoms with E-state index in [1.165, 1.54) is 11.1 Å². The Kier molecular flexibility index (Phi) is 3.44. The van der Waals surface area contributed by atoms with Gasteiger partial charge in [0.25, 0.3) is 0 Å². The van der Waals surface area contributed by atoms with Gasteiger partial charge in [0, 0.05) is 20.1 Å². The van der Waals surface area contributed by atoms with E-state index in [4.69, 9.17) is 0 Å². The second-order valence-corrected chi connectivity index (χ2v) is 5.97. The highest BCUT2D eigenvalue weighted by Gasteiger charge is 2.38. The number of nitrogens with one attached hydrogen (secondary N) is 1. The minimum absolute atomic E-state index is 0.121. The third-order valence-corrected chi connectivity index (χ3v) is 3.75. The molecule has 0 heterocycles. The van der Waals surface area contributed by atoms with Gasteiger partial charge in [0.05, 0.1) is 6.54 Å². The van der Waals surface area contributed by atoms with E-state index in [0.29, 0.717) is 6.54 Å². The van der Waals surface area contributed by atoms with E-state index in [1.54, 1.807) is 19.0 Å². The molecule has 0 saturated heterocycles. The smallest absolute Gasteiger partial charge is 0.236 e. The van der Waals surface area contributed by atoms with Crippen molar-refractivity contribution in [3.05, 3.63) is 35.4 Å². The first kappa shape index (κ1) is 13.1. The van der Waals surface area contributed by atoms with Crippen LogP contribution in [0.25, 0.3) is 0 Å². The second-order valence-electron chi connectivity index (χ2n) is 5.97. The van der Waals surface area contributed by atoms with Crippen LogP contribution in [-0.4, -0.2) is 31.4 Å². The Morgan fingerprint density at radius 3 is 2.72 bits per heavy atom. The molecule has 0 radical (unpaired) electrons. The molecule has 0 saturated carbocycles. The van der Waals surface area contributed by atoms with Crippen molar-refractivity contribution in [3.63, 3.8) is 0 Å². The topological polar surface area (TPSA) is 32.3 Å². The summed E-state index contributed by atoms with van der Waals surface area (Å²) in [5.41, 5.74) is 2.90. The highest BCUT2D eigenvalue weighted by Crippen LogP contribution is 2.44. The SMILES string of the molecule is CN(C)C(=O)CNC1c2ccccc2CC1(C)C. The van der Waals surface area contributed by atoms with Gasteiger partial charge in [0.2, 0.25) is 5.91 Å². The minimum atomic E-state index is 0.121. The van der Waals surface area contributed by atoms with Gasteiger partial charge in [-0.15, -0.1) is 0 Å². The summed E-state index contributed by atoms with van der Waals surface area (Å²) in [6, 6.07) is 8.77. The monoisotopic (exact) mass is 246 g/mol. The summed E-state index contributed by atoms with van der Waals surface area (Å²) in [6.45, 7) is 4.91. The summed E-state index contributed by atoms with van der Waals surface area (Å²) in [5, 5.41) is 3.42. The third kappa shape index (κ3) is 2.41. The van der Waals surface area contributed by atoms with Crippen LogP contribution in [0.5, 0.6) is 0 Å². The molecule has 1 unspecified atom stereocenters. The van der Waals surface area contributed by atoms with E-state index in [9.17, 15) is 4.79 Å². The fourth-order valence-electron chi connectivity index (χ4n) is 2.72. The third-order valence-electron chi connectivity index (χ3n) is 3.75. The molecule has 0 aromatic heterocycles. The van der Waals surface area contributed by atoms with Crippen LogP contribution in [0.15, 0.2) is 24.3 Å². The highest BCUT2D eigenvalue weighted by atomic mass is 16.2. The van der Waals surface area contributed by atoms with Crippen molar-refractivity contribution in [2.75, 3.05) is 20.6 Å². The molecule has 1 amide bonds. The lowest BCUT2D eigenvalue weighted by molar-refractivity contribution is -0.128. The molecule has 1 atom stereocenters. The van der Waals surface area contributed by atoms with Crippen LogP contribution in [0.4, 0.5) is 0 Å². The summed E-state index contributed by atoms with van der Waals surface area (Å²) in [4.78, 5) is 13.3. The number of fused-ring (bicyclic) bond motifs is 1. The number of amides is 1. The average molecular weight is 246 g/mol. The van der Waals surface area contributed by atoms with Crippen LogP contribution in [0, 0.1) is 5.41 Å². The predicted octanol–water partition coefficient (Wildman–Crippen LogP) is 1.99. The van der Waals surface area contributed by atoms with Gasteiger partial charge >= 0.3 is 0 Å². The second kappa shape index (κ2) is 4.73. The summed E-state index contributed by atoms with van der Waals surface area (Å²) in [5.74, 6) is 0.121. The van der Waals surface area contributed by atoms with Gasteiger partial charge < -0.3 is 10.2 Å². The number of benzene rings is 1. The molecule has 3 nitrogen and oxygen atoms in total. The quantitative estimate of drug-likeness (QED) is 0.884. The number of hydrogen-bond acceptors (Lipinski definition) is 2. The highest BCUT2D eigenvalue weighted by molar-refractivity contribution is 5.77. The van der Waals surface area contributed by atoms with Crippen molar-refractivity contribution >= 4 is 5.91 Å². The molecule has 0 bridgehead atoms. The van der Waals surface area contributed by atoms with Crippen LogP contribution in [-0.2, 0) is 11.2 Å². The number of likely N-dealkylation sites (N-methyl/N-ethyl adjacent to an activating group) is 1. The van der Waals surface area contributed by atoms with Crippen molar-refractivity contribution < 1.29 is 4.79 Å². The van der Waals surface area contributed by atoms with Crippen LogP contribution in [0.2, 0.25) is 0 Å². The van der Waals surface area contributed by atoms with E-state index in [1.807, 2.05) is 0 Å². The molecule has 18 heavy (non-hydrogen) atoms. The van der Waals surface area contributed by atoms with Gasteiger partial charge in [-0.05, 0) is 23.0 Å². The molecule has 98 valence electrons. The number of nitrogens with zero attached hydrogens (tertiary/aromatic N) is 1. The van der Waals surface area contributed by atoms with E-state index >= 15 is 0 Å². The van der Waals surface area contributed by atoms with Gasteiger partial charge in [-0.1, -0.05) is 38.1 Å². The largest absolute Gasteiger partial charge is 0.348 e. The maximum Gasteiger partial charge on any atom is 0.236 e. The first-order chi connectivity index (χ1) is 8.42. The molecule has 1 aliphatic rings. The Hall–Kier alpha value is -1.35. The van der Waals surface area contributed by atoms with Crippen LogP contribution >= 0.6 is 0 Å². The molecule has 3 heteroatoms. The van der Waals surface area contributed by atoms with E-state index in [2.05, 4.69) is 43.4 Å². The van der Waals surface area contributed by atoms with E-state index in [-0.39, 0.29) is 17.4 Å². The summed E-state index contributed by atoms with van der Waals surface area (Å²) >= 11 is 0. The molecular weight excluding hydrogens is 224 g/mol. The number of carbonyl (C=O) groups is 1. The molecule has 0 aliphatic heterocycles. The van der Waals surface area contributed by atoms with E-state index < -0.39 is 0 Å². The number of rotatable bonds is 3. The van der Waals surface area contributed by atoms with Crippen LogP contribution < -0.4 is 5.32 Å². The van der Waals surface area contributed by atoms with Gasteiger partial charge in [0.15, 0.2) is 0 Å². The Morgan fingerprint density at radius 1 is 1.39 bits per heavy atom. The fourth-order valence-corrected chi connectivity index (χ4v) is 2.72. The summed E-state index contributed by atoms with van der Waals surface area (Å²) in [6.07, 6.45) is 1.07. The number of carbonyl (C=O) groups excluding carboxylic acids is 1. The standard InChI is InChI=1S/C15H22N2O/c1-15(2)9-11-7-5-6-8-12(11)14(15)16-10-13(18)17(3)4/h5-8,14,16H,9-10H2,1-4H3. The fraction of sp³-hybridized carbons (Fsp3) is 0.533. The molecule has 1 aromatic carbocycles. The van der Waals surface area contributed by atoms with Gasteiger partial charge in [-0.2, -0.15) is 0 Å². The lowest BCUT2D eigenvalue weighted by atomic mass is 9.85.